The predicted octanol–water partition coefficient (Wildman–Crippen LogP) is 5.70. The summed E-state index contributed by atoms with van der Waals surface area (Å²) in [5, 5.41) is 11.5. The molecule has 3 unspecified atom stereocenters. The lowest BCUT2D eigenvalue weighted by Crippen LogP contribution is -2.41. The standard InChI is InChI=1S/C27H29N3O2/c1-3-4-13-20(2)32-27(31)19-12-11-18-23(27)26-29-24(21-14-7-5-8-15-21)28-25(30-26)22-16-9-6-10-17-22/h5-12,14-20,23,31H,3-4,13H2,1-2H3. The van der Waals surface area contributed by atoms with Gasteiger partial charge in [-0.3, -0.25) is 0 Å². The molecule has 3 atom stereocenters. The first-order valence-corrected chi connectivity index (χ1v) is 11.2. The maximum atomic E-state index is 11.5. The zero-order chi connectivity index (χ0) is 22.4. The minimum Gasteiger partial charge on any atom is -0.361 e. The highest BCUT2D eigenvalue weighted by Gasteiger charge is 2.40. The zero-order valence-electron chi connectivity index (χ0n) is 18.6. The van der Waals surface area contributed by atoms with Gasteiger partial charge in [0.25, 0.3) is 0 Å². The van der Waals surface area contributed by atoms with Gasteiger partial charge in [-0.05, 0) is 19.4 Å². The Labute approximate surface area is 189 Å². The highest BCUT2D eigenvalue weighted by molar-refractivity contribution is 5.61. The summed E-state index contributed by atoms with van der Waals surface area (Å²) in [6.07, 6.45) is 10.2. The predicted molar refractivity (Wildman–Crippen MR) is 127 cm³/mol. The highest BCUT2D eigenvalue weighted by Crippen LogP contribution is 2.36. The molecular formula is C27H29N3O2. The molecule has 4 rings (SSSR count). The summed E-state index contributed by atoms with van der Waals surface area (Å²) in [5.74, 6) is -0.462. The van der Waals surface area contributed by atoms with Crippen LogP contribution in [0.1, 0.15) is 44.9 Å². The van der Waals surface area contributed by atoms with Crippen LogP contribution in [0, 0.1) is 0 Å². The van der Waals surface area contributed by atoms with Crippen LogP contribution in [-0.4, -0.2) is 31.9 Å². The van der Waals surface area contributed by atoms with Gasteiger partial charge in [0.05, 0.1) is 12.0 Å². The van der Waals surface area contributed by atoms with Crippen molar-refractivity contribution in [3.63, 3.8) is 0 Å². The average Bonchev–Trinajstić information content (AvgIpc) is 2.83. The lowest BCUT2D eigenvalue weighted by molar-refractivity contribution is -0.203. The van der Waals surface area contributed by atoms with Crippen LogP contribution in [0.15, 0.2) is 85.0 Å². The maximum absolute atomic E-state index is 11.5. The van der Waals surface area contributed by atoms with Crippen molar-refractivity contribution in [3.05, 3.63) is 90.8 Å². The number of unbranched alkanes of at least 4 members (excludes halogenated alkanes) is 1. The number of rotatable bonds is 8. The second-order valence-electron chi connectivity index (χ2n) is 8.12. The molecule has 3 aromatic rings. The second kappa shape index (κ2) is 9.98. The van der Waals surface area contributed by atoms with E-state index in [-0.39, 0.29) is 6.10 Å². The Hall–Kier alpha value is -3.15. The van der Waals surface area contributed by atoms with Gasteiger partial charge in [-0.25, -0.2) is 15.0 Å². The van der Waals surface area contributed by atoms with Gasteiger partial charge in [-0.1, -0.05) is 98.7 Å². The summed E-state index contributed by atoms with van der Waals surface area (Å²) in [5.41, 5.74) is 1.79. The van der Waals surface area contributed by atoms with E-state index >= 15 is 0 Å². The summed E-state index contributed by atoms with van der Waals surface area (Å²) in [6.45, 7) is 4.14. The van der Waals surface area contributed by atoms with E-state index in [0.29, 0.717) is 17.5 Å². The molecule has 1 aromatic heterocycles. The Morgan fingerprint density at radius 3 is 2.06 bits per heavy atom. The molecule has 1 aliphatic rings. The molecule has 2 aromatic carbocycles. The molecular weight excluding hydrogens is 398 g/mol. The molecule has 1 N–H and O–H groups in total. The molecule has 0 aliphatic heterocycles. The molecule has 0 spiro atoms. The normalized spacial score (nSPS) is 20.9. The Bertz CT molecular complexity index is 1020. The summed E-state index contributed by atoms with van der Waals surface area (Å²) in [7, 11) is 0. The number of aliphatic hydroxyl groups is 1. The molecule has 1 heterocycles. The van der Waals surface area contributed by atoms with E-state index < -0.39 is 11.7 Å². The van der Waals surface area contributed by atoms with Crippen LogP contribution in [0.3, 0.4) is 0 Å². The Morgan fingerprint density at radius 1 is 0.906 bits per heavy atom. The summed E-state index contributed by atoms with van der Waals surface area (Å²) >= 11 is 0. The van der Waals surface area contributed by atoms with Crippen molar-refractivity contribution >= 4 is 0 Å². The molecule has 0 saturated carbocycles. The van der Waals surface area contributed by atoms with Crippen molar-refractivity contribution in [2.45, 2.75) is 50.9 Å². The Balaban J connectivity index is 1.77. The number of ether oxygens (including phenoxy) is 1. The zero-order valence-corrected chi connectivity index (χ0v) is 18.6. The van der Waals surface area contributed by atoms with Crippen molar-refractivity contribution in [3.8, 4) is 22.8 Å². The fraction of sp³-hybridized carbons (Fsp3) is 0.296. The topological polar surface area (TPSA) is 68.1 Å². The molecule has 1 aliphatic carbocycles. The maximum Gasteiger partial charge on any atom is 0.199 e. The van der Waals surface area contributed by atoms with Crippen LogP contribution in [-0.2, 0) is 4.74 Å². The summed E-state index contributed by atoms with van der Waals surface area (Å²) in [4.78, 5) is 14.3. The molecule has 164 valence electrons. The van der Waals surface area contributed by atoms with E-state index in [0.717, 1.165) is 30.4 Å². The SMILES string of the molecule is CCCCC(C)OC1(O)C=CC=CC1c1nc(-c2ccccc2)nc(-c2ccccc2)n1. The minimum absolute atomic E-state index is 0.0948. The second-order valence-corrected chi connectivity index (χ2v) is 8.12. The number of nitrogens with zero attached hydrogens (tertiary/aromatic N) is 3. The van der Waals surface area contributed by atoms with Crippen molar-refractivity contribution in [2.24, 2.45) is 0 Å². The lowest BCUT2D eigenvalue weighted by atomic mass is 9.92. The third-order valence-electron chi connectivity index (χ3n) is 5.54. The number of aromatic nitrogens is 3. The molecule has 0 radical (unpaired) electrons. The van der Waals surface area contributed by atoms with E-state index in [9.17, 15) is 5.11 Å². The molecule has 0 fully saturated rings. The van der Waals surface area contributed by atoms with Gasteiger partial charge < -0.3 is 9.84 Å². The lowest BCUT2D eigenvalue weighted by Gasteiger charge is -2.35. The molecule has 5 nitrogen and oxygen atoms in total. The van der Waals surface area contributed by atoms with Gasteiger partial charge in [-0.2, -0.15) is 0 Å². The number of benzene rings is 2. The number of hydrogen-bond acceptors (Lipinski definition) is 5. The highest BCUT2D eigenvalue weighted by atomic mass is 16.6. The van der Waals surface area contributed by atoms with Gasteiger partial charge in [0, 0.05) is 11.1 Å². The van der Waals surface area contributed by atoms with Crippen molar-refractivity contribution in [1.29, 1.82) is 0 Å². The summed E-state index contributed by atoms with van der Waals surface area (Å²) in [6, 6.07) is 19.6. The van der Waals surface area contributed by atoms with E-state index in [1.807, 2.05) is 79.7 Å². The first-order chi connectivity index (χ1) is 15.6. The fourth-order valence-electron chi connectivity index (χ4n) is 3.83. The van der Waals surface area contributed by atoms with Crippen LogP contribution >= 0.6 is 0 Å². The van der Waals surface area contributed by atoms with Crippen LogP contribution in [0.25, 0.3) is 22.8 Å². The third kappa shape index (κ3) is 5.01. The van der Waals surface area contributed by atoms with Crippen LogP contribution in [0.2, 0.25) is 0 Å². The number of hydrogen-bond donors (Lipinski definition) is 1. The largest absolute Gasteiger partial charge is 0.361 e. The molecule has 0 saturated heterocycles. The number of allylic oxidation sites excluding steroid dienone is 2. The van der Waals surface area contributed by atoms with Crippen LogP contribution < -0.4 is 0 Å². The van der Waals surface area contributed by atoms with Crippen LogP contribution in [0.5, 0.6) is 0 Å². The van der Waals surface area contributed by atoms with Gasteiger partial charge in [0.15, 0.2) is 17.4 Å². The Kier molecular flexibility index (Phi) is 6.88. The average molecular weight is 428 g/mol. The van der Waals surface area contributed by atoms with E-state index in [1.54, 1.807) is 12.2 Å². The van der Waals surface area contributed by atoms with E-state index in [4.69, 9.17) is 19.7 Å². The molecule has 0 bridgehead atoms. The van der Waals surface area contributed by atoms with E-state index in [1.165, 1.54) is 0 Å². The van der Waals surface area contributed by atoms with Gasteiger partial charge in [0.2, 0.25) is 0 Å². The monoisotopic (exact) mass is 427 g/mol. The van der Waals surface area contributed by atoms with Crippen molar-refractivity contribution in [1.82, 2.24) is 15.0 Å². The van der Waals surface area contributed by atoms with Crippen LogP contribution in [0.4, 0.5) is 0 Å². The minimum atomic E-state index is -1.52. The fourth-order valence-corrected chi connectivity index (χ4v) is 3.83. The first kappa shape index (κ1) is 22.1. The van der Waals surface area contributed by atoms with E-state index in [2.05, 4.69) is 6.92 Å². The van der Waals surface area contributed by atoms with Gasteiger partial charge in [-0.15, -0.1) is 0 Å². The quantitative estimate of drug-likeness (QED) is 0.467. The van der Waals surface area contributed by atoms with Crippen molar-refractivity contribution in [2.75, 3.05) is 0 Å². The molecule has 32 heavy (non-hydrogen) atoms. The third-order valence-corrected chi connectivity index (χ3v) is 5.54. The van der Waals surface area contributed by atoms with Gasteiger partial charge >= 0.3 is 0 Å². The summed E-state index contributed by atoms with van der Waals surface area (Å²) < 4.78 is 6.16. The molecule has 5 heteroatoms. The van der Waals surface area contributed by atoms with Crippen molar-refractivity contribution < 1.29 is 9.84 Å². The molecule has 0 amide bonds. The first-order valence-electron chi connectivity index (χ1n) is 11.2. The smallest absolute Gasteiger partial charge is 0.199 e. The van der Waals surface area contributed by atoms with Gasteiger partial charge in [0.1, 0.15) is 5.82 Å². The Morgan fingerprint density at radius 2 is 1.50 bits per heavy atom.